The number of para-hydroxylation sites is 4. The number of aromatic nitrogens is 2. The highest BCUT2D eigenvalue weighted by molar-refractivity contribution is 9.10. The molecule has 1 unspecified atom stereocenters. The molecule has 2 heterocycles. The van der Waals surface area contributed by atoms with Crippen molar-refractivity contribution >= 4 is 38.6 Å². The van der Waals surface area contributed by atoms with Crippen molar-refractivity contribution in [3.05, 3.63) is 88.7 Å². The van der Waals surface area contributed by atoms with E-state index in [0.29, 0.717) is 32.0 Å². The molecule has 0 saturated carbocycles. The summed E-state index contributed by atoms with van der Waals surface area (Å²) >= 11 is 3.59. The smallest absolute Gasteiger partial charge is 0.227 e. The van der Waals surface area contributed by atoms with Gasteiger partial charge in [0.15, 0.2) is 0 Å². The van der Waals surface area contributed by atoms with Crippen LogP contribution in [0.1, 0.15) is 43.5 Å². The Morgan fingerprint density at radius 2 is 1.76 bits per heavy atom. The lowest BCUT2D eigenvalue weighted by molar-refractivity contribution is -0.117. The predicted octanol–water partition coefficient (Wildman–Crippen LogP) is 6.52. The Labute approximate surface area is 208 Å². The van der Waals surface area contributed by atoms with Crippen LogP contribution in [0.3, 0.4) is 0 Å². The van der Waals surface area contributed by atoms with Crippen LogP contribution in [0.25, 0.3) is 11.0 Å². The molecule has 4 aromatic rings. The van der Waals surface area contributed by atoms with Crippen molar-refractivity contribution in [3.8, 4) is 5.75 Å². The number of ether oxygens (including phenoxy) is 1. The summed E-state index contributed by atoms with van der Waals surface area (Å²) in [5.74, 6) is 2.42. The van der Waals surface area contributed by atoms with Crippen molar-refractivity contribution in [2.24, 2.45) is 0 Å². The van der Waals surface area contributed by atoms with Crippen LogP contribution in [0.5, 0.6) is 5.75 Å². The summed E-state index contributed by atoms with van der Waals surface area (Å²) in [5.41, 5.74) is 4.15. The summed E-state index contributed by atoms with van der Waals surface area (Å²) in [5, 5.41) is 0. The minimum atomic E-state index is 0.0231. The monoisotopic (exact) mass is 517 g/mol. The molecule has 1 amide bonds. The fourth-order valence-electron chi connectivity index (χ4n) is 4.76. The summed E-state index contributed by atoms with van der Waals surface area (Å²) in [6.07, 6.45) is 0.446. The second kappa shape index (κ2) is 9.63. The fraction of sp³-hybridized carbons (Fsp3) is 0.286. The highest BCUT2D eigenvalue weighted by Gasteiger charge is 2.35. The molecule has 1 aromatic heterocycles. The highest BCUT2D eigenvalue weighted by atomic mass is 79.9. The van der Waals surface area contributed by atoms with Gasteiger partial charge in [0.05, 0.1) is 23.3 Å². The lowest BCUT2D eigenvalue weighted by Gasteiger charge is -2.19. The maximum absolute atomic E-state index is 13.0. The molecule has 0 spiro atoms. The number of halogens is 1. The number of amides is 1. The van der Waals surface area contributed by atoms with Crippen LogP contribution in [-0.2, 0) is 11.3 Å². The van der Waals surface area contributed by atoms with E-state index >= 15 is 0 Å². The Balaban J connectivity index is 1.41. The summed E-state index contributed by atoms with van der Waals surface area (Å²) < 4.78 is 9.39. The molecule has 6 heteroatoms. The van der Waals surface area contributed by atoms with Crippen LogP contribution in [0.4, 0.5) is 5.69 Å². The number of rotatable bonds is 7. The van der Waals surface area contributed by atoms with Gasteiger partial charge in [-0.25, -0.2) is 4.98 Å². The Hall–Kier alpha value is -3.12. The number of hydrogen-bond donors (Lipinski definition) is 0. The maximum atomic E-state index is 13.0. The SMILES string of the molecule is CC(C)c1ccccc1OCCn1c(C2CC(=O)N(c3ccccc3Br)C2)nc2ccccc21. The van der Waals surface area contributed by atoms with Crippen LogP contribution < -0.4 is 9.64 Å². The Morgan fingerprint density at radius 3 is 2.59 bits per heavy atom. The van der Waals surface area contributed by atoms with E-state index in [1.54, 1.807) is 0 Å². The summed E-state index contributed by atoms with van der Waals surface area (Å²) in [6.45, 7) is 6.17. The van der Waals surface area contributed by atoms with Crippen LogP contribution in [0.2, 0.25) is 0 Å². The molecule has 5 nitrogen and oxygen atoms in total. The van der Waals surface area contributed by atoms with Crippen LogP contribution in [0, 0.1) is 0 Å². The van der Waals surface area contributed by atoms with E-state index in [-0.39, 0.29) is 11.8 Å². The van der Waals surface area contributed by atoms with Crippen LogP contribution in [0.15, 0.2) is 77.3 Å². The average molecular weight is 518 g/mol. The van der Waals surface area contributed by atoms with Crippen molar-refractivity contribution in [1.82, 2.24) is 9.55 Å². The predicted molar refractivity (Wildman–Crippen MR) is 140 cm³/mol. The Bertz CT molecular complexity index is 1330. The van der Waals surface area contributed by atoms with Crippen molar-refractivity contribution in [2.45, 2.75) is 38.6 Å². The zero-order valence-electron chi connectivity index (χ0n) is 19.4. The molecule has 34 heavy (non-hydrogen) atoms. The van der Waals surface area contributed by atoms with Gasteiger partial charge < -0.3 is 14.2 Å². The molecule has 1 fully saturated rings. The van der Waals surface area contributed by atoms with E-state index < -0.39 is 0 Å². The number of nitrogens with zero attached hydrogens (tertiary/aromatic N) is 3. The number of anilines is 1. The van der Waals surface area contributed by atoms with Crippen molar-refractivity contribution in [2.75, 3.05) is 18.1 Å². The third-order valence-electron chi connectivity index (χ3n) is 6.43. The van der Waals surface area contributed by atoms with Gasteiger partial charge in [-0.2, -0.15) is 0 Å². The first kappa shape index (κ1) is 22.7. The number of fused-ring (bicyclic) bond motifs is 1. The van der Waals surface area contributed by atoms with Gasteiger partial charge in [0.25, 0.3) is 0 Å². The number of carbonyl (C=O) groups is 1. The van der Waals surface area contributed by atoms with Gasteiger partial charge in [-0.15, -0.1) is 0 Å². The third-order valence-corrected chi connectivity index (χ3v) is 7.10. The molecular weight excluding hydrogens is 490 g/mol. The topological polar surface area (TPSA) is 47.4 Å². The molecule has 5 rings (SSSR count). The quantitative estimate of drug-likeness (QED) is 0.280. The van der Waals surface area contributed by atoms with E-state index in [4.69, 9.17) is 9.72 Å². The fourth-order valence-corrected chi connectivity index (χ4v) is 5.26. The Morgan fingerprint density at radius 1 is 1.03 bits per heavy atom. The molecule has 0 bridgehead atoms. The standard InChI is InChI=1S/C28H28BrN3O2/c1-19(2)21-9-3-8-14-26(21)34-16-15-31-25-13-7-5-11-23(25)30-28(31)20-17-27(33)32(18-20)24-12-6-4-10-22(24)29/h3-14,19-20H,15-18H2,1-2H3. The molecule has 0 radical (unpaired) electrons. The third kappa shape index (κ3) is 4.34. The molecule has 1 aliphatic rings. The number of carbonyl (C=O) groups excluding carboxylic acids is 1. The van der Waals surface area contributed by atoms with E-state index in [9.17, 15) is 4.79 Å². The molecule has 174 valence electrons. The molecule has 3 aromatic carbocycles. The number of benzene rings is 3. The second-order valence-electron chi connectivity index (χ2n) is 9.01. The largest absolute Gasteiger partial charge is 0.491 e. The highest BCUT2D eigenvalue weighted by Crippen LogP contribution is 2.36. The first-order valence-corrected chi connectivity index (χ1v) is 12.5. The lowest BCUT2D eigenvalue weighted by Crippen LogP contribution is -2.25. The van der Waals surface area contributed by atoms with Crippen molar-refractivity contribution in [1.29, 1.82) is 0 Å². The van der Waals surface area contributed by atoms with E-state index in [1.807, 2.05) is 59.5 Å². The molecule has 1 atom stereocenters. The normalized spacial score (nSPS) is 16.1. The van der Waals surface area contributed by atoms with Gasteiger partial charge in [0.1, 0.15) is 18.2 Å². The molecule has 0 aliphatic carbocycles. The average Bonchev–Trinajstić information content (AvgIpc) is 3.40. The van der Waals surface area contributed by atoms with Gasteiger partial charge in [-0.3, -0.25) is 4.79 Å². The van der Waals surface area contributed by atoms with E-state index in [2.05, 4.69) is 52.5 Å². The first-order chi connectivity index (χ1) is 16.5. The summed E-state index contributed by atoms with van der Waals surface area (Å²) in [7, 11) is 0. The van der Waals surface area contributed by atoms with Crippen LogP contribution in [-0.4, -0.2) is 28.6 Å². The molecule has 1 aliphatic heterocycles. The minimum absolute atomic E-state index is 0.0231. The molecular formula is C28H28BrN3O2. The zero-order valence-corrected chi connectivity index (χ0v) is 21.0. The molecule has 0 N–H and O–H groups in total. The van der Waals surface area contributed by atoms with E-state index in [0.717, 1.165) is 32.8 Å². The first-order valence-electron chi connectivity index (χ1n) is 11.7. The molecule has 1 saturated heterocycles. The van der Waals surface area contributed by atoms with Crippen molar-refractivity contribution < 1.29 is 9.53 Å². The van der Waals surface area contributed by atoms with Crippen LogP contribution >= 0.6 is 15.9 Å². The Kier molecular flexibility index (Phi) is 6.42. The summed E-state index contributed by atoms with van der Waals surface area (Å²) in [6, 6.07) is 24.3. The number of hydrogen-bond acceptors (Lipinski definition) is 3. The zero-order chi connectivity index (χ0) is 23.7. The minimum Gasteiger partial charge on any atom is -0.491 e. The van der Waals surface area contributed by atoms with Gasteiger partial charge in [0.2, 0.25) is 5.91 Å². The van der Waals surface area contributed by atoms with E-state index in [1.165, 1.54) is 5.56 Å². The number of imidazole rings is 1. The van der Waals surface area contributed by atoms with Gasteiger partial charge in [-0.05, 0) is 57.7 Å². The lowest BCUT2D eigenvalue weighted by atomic mass is 10.0. The van der Waals surface area contributed by atoms with Crippen molar-refractivity contribution in [3.63, 3.8) is 0 Å². The second-order valence-corrected chi connectivity index (χ2v) is 9.86. The summed E-state index contributed by atoms with van der Waals surface area (Å²) in [4.78, 5) is 19.8. The van der Waals surface area contributed by atoms with Gasteiger partial charge >= 0.3 is 0 Å². The van der Waals surface area contributed by atoms with Gasteiger partial charge in [0, 0.05) is 23.4 Å². The van der Waals surface area contributed by atoms with Gasteiger partial charge in [-0.1, -0.05) is 56.3 Å². The maximum Gasteiger partial charge on any atom is 0.227 e.